The van der Waals surface area contributed by atoms with E-state index in [4.69, 9.17) is 23.2 Å². The van der Waals surface area contributed by atoms with E-state index in [1.165, 1.54) is 28.0 Å². The number of hydrogen-bond acceptors (Lipinski definition) is 3. The fraction of sp³-hybridized carbons (Fsp3) is 0.200. The van der Waals surface area contributed by atoms with Crippen molar-refractivity contribution >= 4 is 40.4 Å². The van der Waals surface area contributed by atoms with Gasteiger partial charge in [-0.2, -0.15) is 0 Å². The topological polar surface area (TPSA) is 33.2 Å². The van der Waals surface area contributed by atoms with Crippen molar-refractivity contribution in [1.82, 2.24) is 9.88 Å². The van der Waals surface area contributed by atoms with Crippen molar-refractivity contribution in [3.8, 4) is 0 Å². The molecule has 6 heteroatoms. The zero-order valence-electron chi connectivity index (χ0n) is 14.1. The smallest absolute Gasteiger partial charge is 0.257 e. The maximum atomic E-state index is 13.1. The van der Waals surface area contributed by atoms with Gasteiger partial charge in [0.05, 0.1) is 16.4 Å². The minimum atomic E-state index is -0.100. The molecule has 0 radical (unpaired) electrons. The quantitative estimate of drug-likeness (QED) is 0.526. The van der Waals surface area contributed by atoms with Crippen LogP contribution in [-0.2, 0) is 6.54 Å². The lowest BCUT2D eigenvalue weighted by Crippen LogP contribution is -2.38. The molecule has 1 amide bonds. The van der Waals surface area contributed by atoms with Crippen molar-refractivity contribution in [3.63, 3.8) is 0 Å². The van der Waals surface area contributed by atoms with Gasteiger partial charge in [-0.25, -0.2) is 4.98 Å². The lowest BCUT2D eigenvalue weighted by atomic mass is 9.86. The third kappa shape index (κ3) is 3.13. The van der Waals surface area contributed by atoms with Crippen molar-refractivity contribution in [1.29, 1.82) is 0 Å². The largest absolute Gasteiger partial charge is 0.332 e. The first-order valence-corrected chi connectivity index (χ1v) is 9.85. The second-order valence-corrected chi connectivity index (χ2v) is 8.49. The van der Waals surface area contributed by atoms with Crippen molar-refractivity contribution < 1.29 is 4.79 Å². The van der Waals surface area contributed by atoms with Crippen LogP contribution in [0.2, 0.25) is 9.49 Å². The average Bonchev–Trinajstić information content (AvgIpc) is 3.01. The number of nitrogens with zero attached hydrogens (tertiary/aromatic N) is 2. The van der Waals surface area contributed by atoms with E-state index in [-0.39, 0.29) is 17.0 Å². The number of benzene rings is 1. The highest BCUT2D eigenvalue weighted by molar-refractivity contribution is 7.16. The molecular formula is C20H16Cl2N2OS. The zero-order chi connectivity index (χ0) is 18.3. The van der Waals surface area contributed by atoms with E-state index >= 15 is 0 Å². The molecule has 1 aliphatic heterocycles. The molecule has 1 atom stereocenters. The number of aromatic nitrogens is 1. The Hall–Kier alpha value is -1.88. The van der Waals surface area contributed by atoms with Crippen LogP contribution in [0.4, 0.5) is 0 Å². The standard InChI is InChI=1S/C20H16Cl2N2OS/c1-12-5-2-3-6-13(12)16-10-24(11-17-15(16)9-18(21)26-17)20(25)14-7-4-8-23-19(14)22/h2-9,16H,10-11H2,1H3/t16-/m0/s1. The molecule has 2 aromatic heterocycles. The lowest BCUT2D eigenvalue weighted by Gasteiger charge is -2.34. The van der Waals surface area contributed by atoms with Crippen LogP contribution < -0.4 is 0 Å². The van der Waals surface area contributed by atoms with Crippen molar-refractivity contribution in [3.05, 3.63) is 85.3 Å². The average molecular weight is 403 g/mol. The number of thiophene rings is 1. The Morgan fingerprint density at radius 3 is 2.77 bits per heavy atom. The Kier molecular flexibility index (Phi) is 4.74. The summed E-state index contributed by atoms with van der Waals surface area (Å²) >= 11 is 14.0. The van der Waals surface area contributed by atoms with Crippen LogP contribution in [0.15, 0.2) is 48.7 Å². The first-order chi connectivity index (χ1) is 12.5. The number of fused-ring (bicyclic) bond motifs is 1. The molecule has 26 heavy (non-hydrogen) atoms. The van der Waals surface area contributed by atoms with E-state index in [0.29, 0.717) is 18.7 Å². The summed E-state index contributed by atoms with van der Waals surface area (Å²) in [7, 11) is 0. The highest BCUT2D eigenvalue weighted by Crippen LogP contribution is 2.41. The van der Waals surface area contributed by atoms with E-state index in [2.05, 4.69) is 24.0 Å². The third-order valence-electron chi connectivity index (χ3n) is 4.77. The molecule has 0 N–H and O–H groups in total. The Bertz CT molecular complexity index is 985. The molecule has 0 unspecified atom stereocenters. The van der Waals surface area contributed by atoms with Crippen molar-refractivity contribution in [2.75, 3.05) is 6.54 Å². The Labute approximate surface area is 166 Å². The van der Waals surface area contributed by atoms with Crippen LogP contribution in [0.1, 0.15) is 37.8 Å². The van der Waals surface area contributed by atoms with E-state index in [0.717, 1.165) is 9.21 Å². The molecular weight excluding hydrogens is 387 g/mol. The second kappa shape index (κ2) is 7.03. The highest BCUT2D eigenvalue weighted by Gasteiger charge is 2.32. The summed E-state index contributed by atoms with van der Waals surface area (Å²) in [5.41, 5.74) is 4.08. The lowest BCUT2D eigenvalue weighted by molar-refractivity contribution is 0.0727. The molecule has 3 nitrogen and oxygen atoms in total. The molecule has 132 valence electrons. The van der Waals surface area contributed by atoms with Gasteiger partial charge in [0.1, 0.15) is 5.15 Å². The van der Waals surface area contributed by atoms with Gasteiger partial charge in [0.25, 0.3) is 5.91 Å². The molecule has 3 aromatic rings. The summed E-state index contributed by atoms with van der Waals surface area (Å²) in [6, 6.07) is 13.8. The number of amides is 1. The van der Waals surface area contributed by atoms with Gasteiger partial charge in [0.2, 0.25) is 0 Å². The molecule has 1 aliphatic rings. The van der Waals surface area contributed by atoms with Crippen LogP contribution in [0.5, 0.6) is 0 Å². The van der Waals surface area contributed by atoms with Gasteiger partial charge in [0.15, 0.2) is 0 Å². The van der Waals surface area contributed by atoms with Crippen molar-refractivity contribution in [2.24, 2.45) is 0 Å². The van der Waals surface area contributed by atoms with E-state index in [1.807, 2.05) is 23.1 Å². The molecule has 3 heterocycles. The molecule has 4 rings (SSSR count). The number of carbonyl (C=O) groups excluding carboxylic acids is 1. The van der Waals surface area contributed by atoms with Gasteiger partial charge >= 0.3 is 0 Å². The van der Waals surface area contributed by atoms with Gasteiger partial charge in [-0.05, 0) is 41.8 Å². The Morgan fingerprint density at radius 1 is 1.19 bits per heavy atom. The number of pyridine rings is 1. The molecule has 0 bridgehead atoms. The fourth-order valence-corrected chi connectivity index (χ4v) is 5.06. The molecule has 0 saturated heterocycles. The summed E-state index contributed by atoms with van der Waals surface area (Å²) in [5, 5.41) is 0.236. The molecule has 0 saturated carbocycles. The maximum Gasteiger partial charge on any atom is 0.257 e. The predicted molar refractivity (Wildman–Crippen MR) is 106 cm³/mol. The summed E-state index contributed by atoms with van der Waals surface area (Å²) in [6.07, 6.45) is 1.59. The summed E-state index contributed by atoms with van der Waals surface area (Å²) < 4.78 is 0.752. The number of hydrogen-bond donors (Lipinski definition) is 0. The minimum absolute atomic E-state index is 0.100. The monoisotopic (exact) mass is 402 g/mol. The van der Waals surface area contributed by atoms with Gasteiger partial charge < -0.3 is 4.90 Å². The summed E-state index contributed by atoms with van der Waals surface area (Å²) in [6.45, 7) is 3.23. The summed E-state index contributed by atoms with van der Waals surface area (Å²) in [4.78, 5) is 20.1. The Balaban J connectivity index is 1.75. The second-order valence-electron chi connectivity index (χ2n) is 6.37. The predicted octanol–water partition coefficient (Wildman–Crippen LogP) is 5.55. The zero-order valence-corrected chi connectivity index (χ0v) is 16.4. The fourth-order valence-electron chi connectivity index (χ4n) is 3.50. The highest BCUT2D eigenvalue weighted by atomic mass is 35.5. The normalized spacial score (nSPS) is 16.4. The van der Waals surface area contributed by atoms with E-state index in [9.17, 15) is 4.79 Å². The maximum absolute atomic E-state index is 13.1. The van der Waals surface area contributed by atoms with Crippen LogP contribution in [0.25, 0.3) is 0 Å². The van der Waals surface area contributed by atoms with Crippen molar-refractivity contribution in [2.45, 2.75) is 19.4 Å². The van der Waals surface area contributed by atoms with Crippen LogP contribution in [0.3, 0.4) is 0 Å². The van der Waals surface area contributed by atoms with Crippen LogP contribution >= 0.6 is 34.5 Å². The summed E-state index contributed by atoms with van der Waals surface area (Å²) in [5.74, 6) is -0.0000430. The number of halogens is 2. The van der Waals surface area contributed by atoms with Gasteiger partial charge in [-0.15, -0.1) is 11.3 Å². The number of rotatable bonds is 2. The molecule has 0 fully saturated rings. The Morgan fingerprint density at radius 2 is 2.00 bits per heavy atom. The first kappa shape index (κ1) is 17.5. The van der Waals surface area contributed by atoms with E-state index < -0.39 is 0 Å². The molecule has 0 aliphatic carbocycles. The molecule has 1 aromatic carbocycles. The SMILES string of the molecule is Cc1ccccc1[C@@H]1CN(C(=O)c2cccnc2Cl)Cc2sc(Cl)cc21. The first-order valence-electron chi connectivity index (χ1n) is 8.28. The van der Waals surface area contributed by atoms with Gasteiger partial charge in [-0.3, -0.25) is 4.79 Å². The van der Waals surface area contributed by atoms with E-state index in [1.54, 1.807) is 18.3 Å². The van der Waals surface area contributed by atoms with Crippen LogP contribution in [0, 0.1) is 6.92 Å². The van der Waals surface area contributed by atoms with Crippen LogP contribution in [-0.4, -0.2) is 22.3 Å². The minimum Gasteiger partial charge on any atom is -0.332 e. The number of aryl methyl sites for hydroxylation is 1. The molecule has 0 spiro atoms. The third-order valence-corrected chi connectivity index (χ3v) is 6.33. The van der Waals surface area contributed by atoms with Gasteiger partial charge in [-0.1, -0.05) is 47.5 Å². The van der Waals surface area contributed by atoms with Gasteiger partial charge in [0, 0.05) is 23.5 Å². The number of carbonyl (C=O) groups is 1.